The number of hydrogen-bond donors (Lipinski definition) is 2. The Kier molecular flexibility index (Phi) is 3.92. The minimum atomic E-state index is -1.47. The van der Waals surface area contributed by atoms with Crippen molar-refractivity contribution in [2.75, 3.05) is 5.73 Å². The number of nitrogens with one attached hydrogen (secondary N) is 1. The van der Waals surface area contributed by atoms with E-state index in [0.29, 0.717) is 15.6 Å². The first-order chi connectivity index (χ1) is 8.49. The molecule has 1 aromatic carbocycles. The summed E-state index contributed by atoms with van der Waals surface area (Å²) in [6.07, 6.45) is 2.02. The summed E-state index contributed by atoms with van der Waals surface area (Å²) in [7, 11) is -1.47. The fraction of sp³-hybridized carbons (Fsp3) is 0.417. The quantitative estimate of drug-likeness (QED) is 0.828. The zero-order valence-corrected chi connectivity index (χ0v) is 11.6. The maximum absolute atomic E-state index is 12.2. The molecule has 18 heavy (non-hydrogen) atoms. The molecule has 0 aliphatic heterocycles. The van der Waals surface area contributed by atoms with E-state index in [1.807, 2.05) is 0 Å². The molecule has 2 atom stereocenters. The number of anilines is 1. The molecule has 1 fully saturated rings. The highest BCUT2D eigenvalue weighted by atomic mass is 35.5. The van der Waals surface area contributed by atoms with E-state index in [-0.39, 0.29) is 11.9 Å². The number of hydrogen-bond acceptors (Lipinski definition) is 3. The van der Waals surface area contributed by atoms with Gasteiger partial charge in [-0.25, -0.2) is 0 Å². The van der Waals surface area contributed by atoms with Gasteiger partial charge in [0.25, 0.3) is 0 Å². The minimum absolute atomic E-state index is 0.191. The molecule has 0 aromatic heterocycles. The van der Waals surface area contributed by atoms with Crippen molar-refractivity contribution in [2.45, 2.75) is 36.0 Å². The molecule has 2 unspecified atom stereocenters. The molecule has 4 nitrogen and oxygen atoms in total. The van der Waals surface area contributed by atoms with Crippen molar-refractivity contribution < 1.29 is 9.00 Å². The first kappa shape index (κ1) is 13.4. The van der Waals surface area contributed by atoms with Gasteiger partial charge in [-0.15, -0.1) is 0 Å². The molecule has 1 amide bonds. The molecule has 1 saturated carbocycles. The Morgan fingerprint density at radius 1 is 1.56 bits per heavy atom. The van der Waals surface area contributed by atoms with Gasteiger partial charge in [0.2, 0.25) is 5.91 Å². The number of nitrogens with two attached hydrogens (primary N) is 1. The lowest BCUT2D eigenvalue weighted by molar-refractivity contribution is -0.120. The monoisotopic (exact) mass is 286 g/mol. The summed E-state index contributed by atoms with van der Waals surface area (Å²) < 4.78 is 12.2. The summed E-state index contributed by atoms with van der Waals surface area (Å²) in [5.41, 5.74) is 6.09. The SMILES string of the molecule is CC(C(=O)NC1CC1)S(=O)c1ccc(N)cc1Cl. The average molecular weight is 287 g/mol. The Balaban J connectivity index is 2.11. The summed E-state index contributed by atoms with van der Waals surface area (Å²) in [6, 6.07) is 5.04. The first-order valence-electron chi connectivity index (χ1n) is 5.75. The first-order valence-corrected chi connectivity index (χ1v) is 7.34. The largest absolute Gasteiger partial charge is 0.399 e. The van der Waals surface area contributed by atoms with Crippen molar-refractivity contribution in [3.63, 3.8) is 0 Å². The molecule has 0 saturated heterocycles. The predicted octanol–water partition coefficient (Wildman–Crippen LogP) is 1.70. The molecule has 0 bridgehead atoms. The van der Waals surface area contributed by atoms with Gasteiger partial charge in [-0.1, -0.05) is 11.6 Å². The third-order valence-electron chi connectivity index (χ3n) is 2.79. The fourth-order valence-electron chi connectivity index (χ4n) is 1.51. The molecule has 1 aliphatic carbocycles. The molecule has 0 spiro atoms. The van der Waals surface area contributed by atoms with Crippen molar-refractivity contribution in [3.05, 3.63) is 23.2 Å². The second-order valence-corrected chi connectivity index (χ2v) is 6.56. The molecule has 0 heterocycles. The molecule has 3 N–H and O–H groups in total. The van der Waals surface area contributed by atoms with Gasteiger partial charge in [0, 0.05) is 11.7 Å². The van der Waals surface area contributed by atoms with E-state index in [0.717, 1.165) is 12.8 Å². The van der Waals surface area contributed by atoms with Crippen molar-refractivity contribution in [1.82, 2.24) is 5.32 Å². The molecule has 1 aromatic rings. The van der Waals surface area contributed by atoms with Gasteiger partial charge in [-0.2, -0.15) is 0 Å². The van der Waals surface area contributed by atoms with Crippen LogP contribution in [-0.2, 0) is 15.6 Å². The Bertz CT molecular complexity index is 503. The number of carbonyl (C=O) groups is 1. The average Bonchev–Trinajstić information content (AvgIpc) is 3.11. The second kappa shape index (κ2) is 5.28. The van der Waals surface area contributed by atoms with Crippen LogP contribution >= 0.6 is 11.6 Å². The highest BCUT2D eigenvalue weighted by Crippen LogP contribution is 2.25. The van der Waals surface area contributed by atoms with Gasteiger partial charge in [0.1, 0.15) is 5.25 Å². The summed E-state index contributed by atoms with van der Waals surface area (Å²) in [5.74, 6) is -0.191. The maximum atomic E-state index is 12.2. The summed E-state index contributed by atoms with van der Waals surface area (Å²) in [4.78, 5) is 12.3. The highest BCUT2D eigenvalue weighted by Gasteiger charge is 2.29. The Morgan fingerprint density at radius 2 is 2.22 bits per heavy atom. The topological polar surface area (TPSA) is 72.2 Å². The Labute approximate surface area is 113 Å². The van der Waals surface area contributed by atoms with E-state index in [4.69, 9.17) is 17.3 Å². The van der Waals surface area contributed by atoms with Crippen LogP contribution in [0.4, 0.5) is 5.69 Å². The summed E-state index contributed by atoms with van der Waals surface area (Å²) >= 11 is 5.99. The van der Waals surface area contributed by atoms with E-state index in [1.54, 1.807) is 25.1 Å². The normalized spacial score (nSPS) is 18.1. The van der Waals surface area contributed by atoms with E-state index >= 15 is 0 Å². The van der Waals surface area contributed by atoms with Gasteiger partial charge in [-0.05, 0) is 38.0 Å². The molecule has 2 rings (SSSR count). The zero-order valence-electron chi connectivity index (χ0n) is 9.98. The van der Waals surface area contributed by atoms with Crippen LogP contribution in [0.2, 0.25) is 5.02 Å². The van der Waals surface area contributed by atoms with Crippen molar-refractivity contribution in [3.8, 4) is 0 Å². The minimum Gasteiger partial charge on any atom is -0.399 e. The molecule has 0 radical (unpaired) electrons. The molecular weight excluding hydrogens is 272 g/mol. The molecule has 6 heteroatoms. The van der Waals surface area contributed by atoms with Gasteiger partial charge in [0.05, 0.1) is 20.7 Å². The van der Waals surface area contributed by atoms with Crippen LogP contribution in [0.5, 0.6) is 0 Å². The number of carbonyl (C=O) groups excluding carboxylic acids is 1. The third kappa shape index (κ3) is 3.03. The van der Waals surface area contributed by atoms with Crippen LogP contribution in [-0.4, -0.2) is 21.4 Å². The van der Waals surface area contributed by atoms with Crippen LogP contribution in [0.15, 0.2) is 23.1 Å². The number of halogens is 1. The van der Waals surface area contributed by atoms with Crippen LogP contribution < -0.4 is 11.1 Å². The van der Waals surface area contributed by atoms with Crippen molar-refractivity contribution >= 4 is 34.0 Å². The van der Waals surface area contributed by atoms with Crippen LogP contribution in [0.25, 0.3) is 0 Å². The lowest BCUT2D eigenvalue weighted by Gasteiger charge is -2.13. The molecular formula is C12H15ClN2O2S. The van der Waals surface area contributed by atoms with Gasteiger partial charge in [0.15, 0.2) is 0 Å². The van der Waals surface area contributed by atoms with Gasteiger partial charge < -0.3 is 11.1 Å². The van der Waals surface area contributed by atoms with Crippen molar-refractivity contribution in [1.29, 1.82) is 0 Å². The van der Waals surface area contributed by atoms with Crippen molar-refractivity contribution in [2.24, 2.45) is 0 Å². The molecule has 98 valence electrons. The number of nitrogen functional groups attached to an aromatic ring is 1. The van der Waals surface area contributed by atoms with Crippen LogP contribution in [0.3, 0.4) is 0 Å². The van der Waals surface area contributed by atoms with E-state index < -0.39 is 16.0 Å². The standard InChI is InChI=1S/C12H15ClN2O2S/c1-7(12(16)15-9-3-4-9)18(17)11-5-2-8(14)6-10(11)13/h2,5-7,9H,3-4,14H2,1H3,(H,15,16). The Hall–Kier alpha value is -1.07. The highest BCUT2D eigenvalue weighted by molar-refractivity contribution is 7.86. The van der Waals surface area contributed by atoms with E-state index in [1.165, 1.54) is 0 Å². The van der Waals surface area contributed by atoms with Crippen LogP contribution in [0.1, 0.15) is 19.8 Å². The predicted molar refractivity (Wildman–Crippen MR) is 72.9 cm³/mol. The van der Waals surface area contributed by atoms with E-state index in [9.17, 15) is 9.00 Å². The van der Waals surface area contributed by atoms with Crippen LogP contribution in [0, 0.1) is 0 Å². The lowest BCUT2D eigenvalue weighted by atomic mass is 10.3. The fourth-order valence-corrected chi connectivity index (χ4v) is 3.03. The summed E-state index contributed by atoms with van der Waals surface area (Å²) in [6.45, 7) is 1.64. The smallest absolute Gasteiger partial charge is 0.236 e. The molecule has 1 aliphatic rings. The third-order valence-corrected chi connectivity index (χ3v) is 4.86. The Morgan fingerprint density at radius 3 is 2.78 bits per heavy atom. The number of rotatable bonds is 4. The summed E-state index contributed by atoms with van der Waals surface area (Å²) in [5, 5.41) is 2.55. The number of benzene rings is 1. The lowest BCUT2D eigenvalue weighted by Crippen LogP contribution is -2.36. The number of amides is 1. The van der Waals surface area contributed by atoms with Gasteiger partial charge in [-0.3, -0.25) is 9.00 Å². The van der Waals surface area contributed by atoms with E-state index in [2.05, 4.69) is 5.32 Å². The second-order valence-electron chi connectivity index (χ2n) is 4.41. The van der Waals surface area contributed by atoms with Gasteiger partial charge >= 0.3 is 0 Å². The maximum Gasteiger partial charge on any atom is 0.236 e. The zero-order chi connectivity index (χ0) is 13.3.